The van der Waals surface area contributed by atoms with E-state index in [1.54, 1.807) is 12.1 Å². The van der Waals surface area contributed by atoms with Crippen LogP contribution in [0.25, 0.3) is 0 Å². The molecule has 1 aliphatic rings. The third kappa shape index (κ3) is 3.70. The van der Waals surface area contributed by atoms with Crippen molar-refractivity contribution >= 4 is 17.3 Å². The normalized spacial score (nSPS) is 17.9. The van der Waals surface area contributed by atoms with Crippen LogP contribution in [-0.4, -0.2) is 11.0 Å². The van der Waals surface area contributed by atoms with Crippen molar-refractivity contribution in [3.8, 4) is 0 Å². The number of hydrogen-bond donors (Lipinski definition) is 1. The molecule has 0 spiro atoms. The van der Waals surface area contributed by atoms with Gasteiger partial charge >= 0.3 is 0 Å². The van der Waals surface area contributed by atoms with Gasteiger partial charge in [-0.1, -0.05) is 36.9 Å². The van der Waals surface area contributed by atoms with Crippen LogP contribution < -0.4 is 5.32 Å². The predicted molar refractivity (Wildman–Crippen MR) is 81.0 cm³/mol. The Kier molecular flexibility index (Phi) is 5.38. The van der Waals surface area contributed by atoms with E-state index in [0.717, 1.165) is 0 Å². The van der Waals surface area contributed by atoms with E-state index in [1.165, 1.54) is 38.2 Å². The average molecular weight is 297 g/mol. The van der Waals surface area contributed by atoms with Crippen LogP contribution in [0.3, 0.4) is 0 Å². The van der Waals surface area contributed by atoms with Crippen LogP contribution in [0.2, 0.25) is 5.02 Å². The van der Waals surface area contributed by atoms with Crippen molar-refractivity contribution in [3.63, 3.8) is 0 Å². The molecule has 0 amide bonds. The monoisotopic (exact) mass is 296 g/mol. The minimum atomic E-state index is -0.367. The van der Waals surface area contributed by atoms with Gasteiger partial charge < -0.3 is 5.32 Å². The molecule has 5 heteroatoms. The van der Waals surface area contributed by atoms with Crippen molar-refractivity contribution in [2.24, 2.45) is 5.92 Å². The number of nitrogens with zero attached hydrogens (tertiary/aromatic N) is 1. The maximum atomic E-state index is 11.0. The second-order valence-electron chi connectivity index (χ2n) is 5.56. The molecule has 1 saturated carbocycles. The Hall–Kier alpha value is -1.13. The summed E-state index contributed by atoms with van der Waals surface area (Å²) in [6.07, 6.45) is 6.42. The van der Waals surface area contributed by atoms with E-state index >= 15 is 0 Å². The van der Waals surface area contributed by atoms with E-state index < -0.39 is 0 Å². The number of benzene rings is 1. The van der Waals surface area contributed by atoms with Crippen molar-refractivity contribution in [3.05, 3.63) is 38.9 Å². The number of rotatable bonds is 5. The molecule has 1 N–H and O–H groups in total. The third-order valence-corrected chi connectivity index (χ3v) is 4.60. The highest BCUT2D eigenvalue weighted by Gasteiger charge is 2.22. The molecule has 0 aromatic heterocycles. The summed E-state index contributed by atoms with van der Waals surface area (Å²) in [6, 6.07) is 5.20. The molecule has 0 unspecified atom stereocenters. The smallest absolute Gasteiger partial charge is 0.275 e. The van der Waals surface area contributed by atoms with E-state index in [4.69, 9.17) is 11.6 Å². The van der Waals surface area contributed by atoms with Gasteiger partial charge in [-0.15, -0.1) is 0 Å². The molecule has 1 atom stereocenters. The highest BCUT2D eigenvalue weighted by Crippen LogP contribution is 2.28. The Morgan fingerprint density at radius 1 is 1.40 bits per heavy atom. The fraction of sp³-hybridized carbons (Fsp3) is 0.600. The van der Waals surface area contributed by atoms with E-state index in [9.17, 15) is 10.1 Å². The van der Waals surface area contributed by atoms with Crippen LogP contribution in [0.15, 0.2) is 18.2 Å². The zero-order valence-corrected chi connectivity index (χ0v) is 12.5. The van der Waals surface area contributed by atoms with Crippen LogP contribution in [-0.2, 0) is 6.54 Å². The van der Waals surface area contributed by atoms with Gasteiger partial charge in [-0.3, -0.25) is 10.1 Å². The Labute approximate surface area is 124 Å². The number of halogens is 1. The highest BCUT2D eigenvalue weighted by atomic mass is 35.5. The van der Waals surface area contributed by atoms with Crippen LogP contribution in [0.1, 0.15) is 44.6 Å². The van der Waals surface area contributed by atoms with Crippen molar-refractivity contribution < 1.29 is 4.92 Å². The van der Waals surface area contributed by atoms with Gasteiger partial charge in [0.1, 0.15) is 0 Å². The zero-order chi connectivity index (χ0) is 14.5. The maximum absolute atomic E-state index is 11.0. The lowest BCUT2D eigenvalue weighted by atomic mass is 9.84. The lowest BCUT2D eigenvalue weighted by molar-refractivity contribution is -0.385. The lowest BCUT2D eigenvalue weighted by Crippen LogP contribution is -2.34. The number of nitro benzene ring substituents is 1. The first-order valence-corrected chi connectivity index (χ1v) is 7.62. The van der Waals surface area contributed by atoms with Gasteiger partial charge in [0.15, 0.2) is 0 Å². The van der Waals surface area contributed by atoms with Crippen molar-refractivity contribution in [1.82, 2.24) is 5.32 Å². The first-order valence-electron chi connectivity index (χ1n) is 7.24. The standard InChI is InChI=1S/C15H21ClN2O2/c1-11(12-6-3-2-4-7-12)17-10-13-14(16)8-5-9-15(13)18(19)20/h5,8-9,11-12,17H,2-4,6-7,10H2,1H3/t11-/m1/s1. The summed E-state index contributed by atoms with van der Waals surface area (Å²) in [5, 5.41) is 14.9. The van der Waals surface area contributed by atoms with Gasteiger partial charge in [-0.2, -0.15) is 0 Å². The predicted octanol–water partition coefficient (Wildman–Crippen LogP) is 4.31. The second-order valence-corrected chi connectivity index (χ2v) is 5.97. The third-order valence-electron chi connectivity index (χ3n) is 4.25. The van der Waals surface area contributed by atoms with Crippen LogP contribution in [0.5, 0.6) is 0 Å². The average Bonchev–Trinajstić information content (AvgIpc) is 2.46. The molecule has 1 aromatic rings. The Balaban J connectivity index is 2.01. The molecule has 0 saturated heterocycles. The van der Waals surface area contributed by atoms with Crippen molar-refractivity contribution in [1.29, 1.82) is 0 Å². The van der Waals surface area contributed by atoms with Crippen molar-refractivity contribution in [2.75, 3.05) is 0 Å². The Morgan fingerprint density at radius 2 is 2.10 bits per heavy atom. The molecule has 1 aliphatic carbocycles. The number of nitro groups is 1. The number of hydrogen-bond acceptors (Lipinski definition) is 3. The van der Waals surface area contributed by atoms with Crippen LogP contribution >= 0.6 is 11.6 Å². The van der Waals surface area contributed by atoms with Gasteiger partial charge in [-0.25, -0.2) is 0 Å². The molecule has 1 aromatic carbocycles. The Morgan fingerprint density at radius 3 is 2.75 bits per heavy atom. The van der Waals surface area contributed by atoms with E-state index in [0.29, 0.717) is 29.1 Å². The van der Waals surface area contributed by atoms with Crippen molar-refractivity contribution in [2.45, 2.75) is 51.6 Å². The van der Waals surface area contributed by atoms with Gasteiger partial charge in [-0.05, 0) is 31.7 Å². The highest BCUT2D eigenvalue weighted by molar-refractivity contribution is 6.31. The molecule has 0 aliphatic heterocycles. The SMILES string of the molecule is C[C@@H](NCc1c(Cl)cccc1[N+](=O)[O-])C1CCCCC1. The summed E-state index contributed by atoms with van der Waals surface area (Å²) in [4.78, 5) is 10.7. The largest absolute Gasteiger partial charge is 0.310 e. The summed E-state index contributed by atoms with van der Waals surface area (Å²) in [5.41, 5.74) is 0.683. The van der Waals surface area contributed by atoms with Gasteiger partial charge in [0.25, 0.3) is 5.69 Å². The molecule has 1 fully saturated rings. The fourth-order valence-electron chi connectivity index (χ4n) is 2.96. The molecule has 0 heterocycles. The summed E-state index contributed by atoms with van der Waals surface area (Å²) >= 11 is 6.10. The minimum Gasteiger partial charge on any atom is -0.310 e. The summed E-state index contributed by atoms with van der Waals surface area (Å²) in [6.45, 7) is 2.62. The van der Waals surface area contributed by atoms with Gasteiger partial charge in [0.2, 0.25) is 0 Å². The molecule has 4 nitrogen and oxygen atoms in total. The minimum absolute atomic E-state index is 0.0980. The topological polar surface area (TPSA) is 55.2 Å². The molecule has 0 radical (unpaired) electrons. The first kappa shape index (κ1) is 15.3. The van der Waals surface area contributed by atoms with Crippen LogP contribution in [0.4, 0.5) is 5.69 Å². The van der Waals surface area contributed by atoms with Crippen LogP contribution in [0, 0.1) is 16.0 Å². The van der Waals surface area contributed by atoms with E-state index in [2.05, 4.69) is 12.2 Å². The maximum Gasteiger partial charge on any atom is 0.275 e. The van der Waals surface area contributed by atoms with Gasteiger partial charge in [0.05, 0.1) is 15.5 Å². The quantitative estimate of drug-likeness (QED) is 0.651. The fourth-order valence-corrected chi connectivity index (χ4v) is 3.19. The first-order chi connectivity index (χ1) is 9.59. The second kappa shape index (κ2) is 7.04. The summed E-state index contributed by atoms with van der Waals surface area (Å²) < 4.78 is 0. The molecule has 2 rings (SSSR count). The molecular weight excluding hydrogens is 276 g/mol. The molecule has 110 valence electrons. The molecule has 0 bridgehead atoms. The molecule has 20 heavy (non-hydrogen) atoms. The number of nitrogens with one attached hydrogen (secondary N) is 1. The summed E-state index contributed by atoms with van der Waals surface area (Å²) in [7, 11) is 0. The lowest BCUT2D eigenvalue weighted by Gasteiger charge is -2.28. The zero-order valence-electron chi connectivity index (χ0n) is 11.8. The van der Waals surface area contributed by atoms with E-state index in [-0.39, 0.29) is 10.6 Å². The van der Waals surface area contributed by atoms with E-state index in [1.807, 2.05) is 0 Å². The Bertz CT molecular complexity index is 473. The van der Waals surface area contributed by atoms with Gasteiger partial charge in [0, 0.05) is 18.7 Å². The summed E-state index contributed by atoms with van der Waals surface area (Å²) in [5.74, 6) is 0.672. The molecular formula is C15H21ClN2O2.